The van der Waals surface area contributed by atoms with Gasteiger partial charge in [0.15, 0.2) is 0 Å². The predicted octanol–water partition coefficient (Wildman–Crippen LogP) is 3.43. The third-order valence-corrected chi connectivity index (χ3v) is 3.51. The van der Waals surface area contributed by atoms with E-state index in [1.54, 1.807) is 19.2 Å². The van der Waals surface area contributed by atoms with Gasteiger partial charge in [-0.2, -0.15) is 0 Å². The molecule has 0 aromatic heterocycles. The number of aryl methyl sites for hydroxylation is 1. The zero-order valence-electron chi connectivity index (χ0n) is 11.9. The summed E-state index contributed by atoms with van der Waals surface area (Å²) in [5.41, 5.74) is 9.08. The maximum atomic E-state index is 13.3. The van der Waals surface area contributed by atoms with Crippen molar-refractivity contribution in [3.8, 4) is 5.75 Å². The van der Waals surface area contributed by atoms with Crippen LogP contribution in [-0.2, 0) is 6.42 Å². The molecular formula is C17H20FNO. The third-order valence-electron chi connectivity index (χ3n) is 3.51. The van der Waals surface area contributed by atoms with E-state index in [9.17, 15) is 4.39 Å². The summed E-state index contributed by atoms with van der Waals surface area (Å²) in [5, 5.41) is 0. The van der Waals surface area contributed by atoms with Gasteiger partial charge in [0.05, 0.1) is 7.11 Å². The zero-order valence-corrected chi connectivity index (χ0v) is 11.9. The number of hydrogen-bond donors (Lipinski definition) is 1. The van der Waals surface area contributed by atoms with Gasteiger partial charge in [0.1, 0.15) is 11.6 Å². The highest BCUT2D eigenvalue weighted by Gasteiger charge is 2.14. The predicted molar refractivity (Wildman–Crippen MR) is 79.6 cm³/mol. The highest BCUT2D eigenvalue weighted by atomic mass is 19.1. The van der Waals surface area contributed by atoms with Gasteiger partial charge in [-0.15, -0.1) is 0 Å². The van der Waals surface area contributed by atoms with Crippen molar-refractivity contribution in [3.05, 3.63) is 65.0 Å². The van der Waals surface area contributed by atoms with Crippen LogP contribution in [0, 0.1) is 12.7 Å². The van der Waals surface area contributed by atoms with Crippen LogP contribution in [0.2, 0.25) is 0 Å². The Kier molecular flexibility index (Phi) is 4.74. The molecule has 0 aliphatic heterocycles. The summed E-state index contributed by atoms with van der Waals surface area (Å²) in [6, 6.07) is 12.7. The molecule has 2 aromatic rings. The topological polar surface area (TPSA) is 35.2 Å². The van der Waals surface area contributed by atoms with E-state index >= 15 is 0 Å². The fourth-order valence-electron chi connectivity index (χ4n) is 2.43. The molecule has 0 aliphatic carbocycles. The Morgan fingerprint density at radius 1 is 1.20 bits per heavy atom. The number of benzene rings is 2. The number of methoxy groups -OCH3 is 1. The summed E-state index contributed by atoms with van der Waals surface area (Å²) >= 11 is 0. The lowest BCUT2D eigenvalue weighted by Crippen LogP contribution is -2.15. The van der Waals surface area contributed by atoms with E-state index in [-0.39, 0.29) is 11.7 Å². The molecule has 20 heavy (non-hydrogen) atoms. The molecule has 2 N–H and O–H groups in total. The highest BCUT2D eigenvalue weighted by molar-refractivity contribution is 5.38. The highest BCUT2D eigenvalue weighted by Crippen LogP contribution is 2.27. The molecule has 1 atom stereocenters. The molecule has 0 aliphatic rings. The molecule has 0 saturated heterocycles. The van der Waals surface area contributed by atoms with E-state index in [1.165, 1.54) is 11.6 Å². The first kappa shape index (κ1) is 14.5. The lowest BCUT2D eigenvalue weighted by molar-refractivity contribution is 0.408. The normalized spacial score (nSPS) is 12.2. The maximum absolute atomic E-state index is 13.3. The van der Waals surface area contributed by atoms with Gasteiger partial charge in [-0.3, -0.25) is 0 Å². The maximum Gasteiger partial charge on any atom is 0.123 e. The second kappa shape index (κ2) is 6.53. The fourth-order valence-corrected chi connectivity index (χ4v) is 2.43. The molecule has 3 heteroatoms. The molecular weight excluding hydrogens is 253 g/mol. The van der Waals surface area contributed by atoms with E-state index in [1.807, 2.05) is 25.1 Å². The number of halogens is 1. The van der Waals surface area contributed by atoms with Crippen LogP contribution in [-0.4, -0.2) is 13.7 Å². The Morgan fingerprint density at radius 2 is 2.00 bits per heavy atom. The van der Waals surface area contributed by atoms with E-state index in [0.717, 1.165) is 23.3 Å². The van der Waals surface area contributed by atoms with Gasteiger partial charge < -0.3 is 10.5 Å². The standard InChI is InChI=1S/C17H20FNO/c1-12-6-7-17(20-2)14(8-12)9-15(11-19)13-4-3-5-16(18)10-13/h3-8,10,15H,9,11,19H2,1-2H3. The molecule has 1 unspecified atom stereocenters. The van der Waals surface area contributed by atoms with Crippen LogP contribution in [0.1, 0.15) is 22.6 Å². The van der Waals surface area contributed by atoms with Crippen molar-refractivity contribution in [2.75, 3.05) is 13.7 Å². The average molecular weight is 273 g/mol. The average Bonchev–Trinajstić information content (AvgIpc) is 2.45. The molecule has 0 amide bonds. The number of hydrogen-bond acceptors (Lipinski definition) is 2. The van der Waals surface area contributed by atoms with Crippen LogP contribution < -0.4 is 10.5 Å². The summed E-state index contributed by atoms with van der Waals surface area (Å²) in [4.78, 5) is 0. The van der Waals surface area contributed by atoms with Gasteiger partial charge in [0.25, 0.3) is 0 Å². The minimum atomic E-state index is -0.225. The largest absolute Gasteiger partial charge is 0.496 e. The first-order valence-corrected chi connectivity index (χ1v) is 6.73. The Balaban J connectivity index is 2.28. The van der Waals surface area contributed by atoms with Crippen molar-refractivity contribution in [1.82, 2.24) is 0 Å². The first-order valence-electron chi connectivity index (χ1n) is 6.73. The number of rotatable bonds is 5. The molecule has 0 radical (unpaired) electrons. The van der Waals surface area contributed by atoms with Gasteiger partial charge in [-0.25, -0.2) is 4.39 Å². The molecule has 0 bridgehead atoms. The smallest absolute Gasteiger partial charge is 0.123 e. The van der Waals surface area contributed by atoms with Crippen molar-refractivity contribution in [1.29, 1.82) is 0 Å². The van der Waals surface area contributed by atoms with Gasteiger partial charge >= 0.3 is 0 Å². The fraction of sp³-hybridized carbons (Fsp3) is 0.294. The third kappa shape index (κ3) is 3.36. The second-order valence-electron chi connectivity index (χ2n) is 5.01. The van der Waals surface area contributed by atoms with Crippen LogP contribution in [0.25, 0.3) is 0 Å². The molecule has 2 nitrogen and oxygen atoms in total. The number of ether oxygens (including phenoxy) is 1. The van der Waals surface area contributed by atoms with Gasteiger partial charge in [0, 0.05) is 5.92 Å². The van der Waals surface area contributed by atoms with Crippen molar-refractivity contribution >= 4 is 0 Å². The molecule has 2 rings (SSSR count). The van der Waals surface area contributed by atoms with Crippen molar-refractivity contribution in [3.63, 3.8) is 0 Å². The van der Waals surface area contributed by atoms with Crippen molar-refractivity contribution < 1.29 is 9.13 Å². The van der Waals surface area contributed by atoms with E-state index < -0.39 is 0 Å². The van der Waals surface area contributed by atoms with Crippen molar-refractivity contribution in [2.24, 2.45) is 5.73 Å². The van der Waals surface area contributed by atoms with E-state index in [2.05, 4.69) is 6.07 Å². The molecule has 0 saturated carbocycles. The molecule has 106 valence electrons. The summed E-state index contributed by atoms with van der Waals surface area (Å²) in [7, 11) is 1.66. The molecule has 0 heterocycles. The van der Waals surface area contributed by atoms with Crippen LogP contribution in [0.15, 0.2) is 42.5 Å². The lowest BCUT2D eigenvalue weighted by Gasteiger charge is -2.18. The van der Waals surface area contributed by atoms with Crippen molar-refractivity contribution in [2.45, 2.75) is 19.3 Å². The second-order valence-corrected chi connectivity index (χ2v) is 5.01. The summed E-state index contributed by atoms with van der Waals surface area (Å²) in [6.07, 6.45) is 0.741. The SMILES string of the molecule is COc1ccc(C)cc1CC(CN)c1cccc(F)c1. The first-order chi connectivity index (χ1) is 9.63. The summed E-state index contributed by atoms with van der Waals surface area (Å²) in [6.45, 7) is 2.52. The Hall–Kier alpha value is -1.87. The zero-order chi connectivity index (χ0) is 14.5. The number of nitrogens with two attached hydrogens (primary N) is 1. The van der Waals surface area contributed by atoms with Gasteiger partial charge in [-0.1, -0.05) is 29.8 Å². The Bertz CT molecular complexity index is 583. The minimum Gasteiger partial charge on any atom is -0.496 e. The van der Waals surface area contributed by atoms with E-state index in [0.29, 0.717) is 6.54 Å². The summed E-state index contributed by atoms with van der Waals surface area (Å²) < 4.78 is 18.7. The van der Waals surface area contributed by atoms with Gasteiger partial charge in [-0.05, 0) is 49.2 Å². The van der Waals surface area contributed by atoms with Gasteiger partial charge in [0.2, 0.25) is 0 Å². The molecule has 2 aromatic carbocycles. The van der Waals surface area contributed by atoms with Crippen LogP contribution in [0.4, 0.5) is 4.39 Å². The van der Waals surface area contributed by atoms with Crippen LogP contribution in [0.3, 0.4) is 0 Å². The lowest BCUT2D eigenvalue weighted by atomic mass is 9.91. The Labute approximate surface area is 119 Å². The molecule has 0 fully saturated rings. The van der Waals surface area contributed by atoms with E-state index in [4.69, 9.17) is 10.5 Å². The minimum absolute atomic E-state index is 0.0846. The Morgan fingerprint density at radius 3 is 2.65 bits per heavy atom. The monoisotopic (exact) mass is 273 g/mol. The van der Waals surface area contributed by atoms with Crippen LogP contribution >= 0.6 is 0 Å². The van der Waals surface area contributed by atoms with Crippen LogP contribution in [0.5, 0.6) is 5.75 Å². The molecule has 0 spiro atoms. The quantitative estimate of drug-likeness (QED) is 0.906. The summed E-state index contributed by atoms with van der Waals surface area (Å²) in [5.74, 6) is 0.712.